The molecule has 1 aromatic heterocycles. The molecule has 0 radical (unpaired) electrons. The van der Waals surface area contributed by atoms with Gasteiger partial charge in [-0.2, -0.15) is 0 Å². The fourth-order valence-electron chi connectivity index (χ4n) is 2.14. The molecular weight excluding hydrogens is 239 g/mol. The third kappa shape index (κ3) is 4.14. The Morgan fingerprint density at radius 1 is 1.21 bits per heavy atom. The Kier molecular flexibility index (Phi) is 5.04. The van der Waals surface area contributed by atoms with Crippen molar-refractivity contribution in [3.05, 3.63) is 65.7 Å². The number of hydrogen-bond donors (Lipinski definition) is 1. The molecule has 0 amide bonds. The Balaban J connectivity index is 1.89. The van der Waals surface area contributed by atoms with E-state index in [9.17, 15) is 4.39 Å². The number of pyridine rings is 1. The summed E-state index contributed by atoms with van der Waals surface area (Å²) < 4.78 is 13.2. The van der Waals surface area contributed by atoms with Crippen LogP contribution < -0.4 is 5.32 Å². The second kappa shape index (κ2) is 7.00. The summed E-state index contributed by atoms with van der Waals surface area (Å²) in [6.07, 6.45) is 3.62. The summed E-state index contributed by atoms with van der Waals surface area (Å²) in [5, 5.41) is 3.45. The molecule has 2 nitrogen and oxygen atoms in total. The van der Waals surface area contributed by atoms with Crippen LogP contribution in [0.5, 0.6) is 0 Å². The third-order valence-electron chi connectivity index (χ3n) is 3.16. The first kappa shape index (κ1) is 13.7. The first-order valence-electron chi connectivity index (χ1n) is 6.68. The smallest absolute Gasteiger partial charge is 0.123 e. The van der Waals surface area contributed by atoms with Crippen molar-refractivity contribution in [2.24, 2.45) is 0 Å². The fourth-order valence-corrected chi connectivity index (χ4v) is 2.14. The number of halogens is 1. The topological polar surface area (TPSA) is 24.9 Å². The molecule has 0 saturated carbocycles. The highest BCUT2D eigenvalue weighted by Crippen LogP contribution is 2.17. The lowest BCUT2D eigenvalue weighted by molar-refractivity contribution is 0.516. The van der Waals surface area contributed by atoms with Crippen LogP contribution in [0.2, 0.25) is 0 Å². The Morgan fingerprint density at radius 2 is 2.11 bits per heavy atom. The average molecular weight is 258 g/mol. The van der Waals surface area contributed by atoms with Crippen LogP contribution in [0.3, 0.4) is 0 Å². The van der Waals surface area contributed by atoms with Crippen LogP contribution in [0.4, 0.5) is 4.39 Å². The Morgan fingerprint density at radius 3 is 2.79 bits per heavy atom. The molecule has 0 aliphatic carbocycles. The normalized spacial score (nSPS) is 12.3. The first-order valence-corrected chi connectivity index (χ1v) is 6.68. The highest BCUT2D eigenvalue weighted by atomic mass is 19.1. The molecule has 0 aliphatic rings. The lowest BCUT2D eigenvalue weighted by atomic mass is 10.0. The van der Waals surface area contributed by atoms with E-state index >= 15 is 0 Å². The number of aromatic nitrogens is 1. The highest BCUT2D eigenvalue weighted by molar-refractivity contribution is 5.20. The summed E-state index contributed by atoms with van der Waals surface area (Å²) in [5.74, 6) is -0.178. The van der Waals surface area contributed by atoms with Gasteiger partial charge in [0.25, 0.3) is 0 Å². The van der Waals surface area contributed by atoms with Gasteiger partial charge in [0.2, 0.25) is 0 Å². The lowest BCUT2D eigenvalue weighted by Gasteiger charge is -2.17. The molecule has 0 bridgehead atoms. The van der Waals surface area contributed by atoms with Gasteiger partial charge in [0.05, 0.1) is 0 Å². The largest absolute Gasteiger partial charge is 0.310 e. The molecule has 0 spiro atoms. The van der Waals surface area contributed by atoms with Crippen molar-refractivity contribution in [1.82, 2.24) is 10.3 Å². The van der Waals surface area contributed by atoms with Gasteiger partial charge < -0.3 is 5.32 Å². The maximum absolute atomic E-state index is 13.2. The van der Waals surface area contributed by atoms with E-state index in [1.165, 1.54) is 6.07 Å². The van der Waals surface area contributed by atoms with Gasteiger partial charge in [-0.25, -0.2) is 4.39 Å². The van der Waals surface area contributed by atoms with E-state index in [1.807, 2.05) is 24.3 Å². The molecule has 2 rings (SSSR count). The lowest BCUT2D eigenvalue weighted by Crippen LogP contribution is -2.23. The molecule has 1 atom stereocenters. The zero-order chi connectivity index (χ0) is 13.5. The van der Waals surface area contributed by atoms with Crippen LogP contribution >= 0.6 is 0 Å². The zero-order valence-electron chi connectivity index (χ0n) is 11.1. The van der Waals surface area contributed by atoms with Crippen LogP contribution in [0.1, 0.15) is 30.6 Å². The SMILES string of the molecule is CCC(NCCc1ccccn1)c1cccc(F)c1. The number of benzene rings is 1. The van der Waals surface area contributed by atoms with Gasteiger partial charge in [-0.3, -0.25) is 4.98 Å². The van der Waals surface area contributed by atoms with Gasteiger partial charge in [-0.05, 0) is 36.2 Å². The molecule has 0 fully saturated rings. The second-order valence-electron chi connectivity index (χ2n) is 4.54. The predicted molar refractivity (Wildman–Crippen MR) is 75.4 cm³/mol. The molecule has 1 unspecified atom stereocenters. The quantitative estimate of drug-likeness (QED) is 0.857. The Labute approximate surface area is 113 Å². The monoisotopic (exact) mass is 258 g/mol. The van der Waals surface area contributed by atoms with E-state index in [1.54, 1.807) is 18.3 Å². The van der Waals surface area contributed by atoms with Crippen LogP contribution in [0.15, 0.2) is 48.7 Å². The van der Waals surface area contributed by atoms with Crippen LogP contribution in [-0.2, 0) is 6.42 Å². The minimum absolute atomic E-state index is 0.178. The second-order valence-corrected chi connectivity index (χ2v) is 4.54. The first-order chi connectivity index (χ1) is 9.29. The number of hydrogen-bond acceptors (Lipinski definition) is 2. The molecule has 1 heterocycles. The summed E-state index contributed by atoms with van der Waals surface area (Å²) in [6.45, 7) is 2.94. The zero-order valence-corrected chi connectivity index (χ0v) is 11.1. The van der Waals surface area contributed by atoms with E-state index in [-0.39, 0.29) is 11.9 Å². The van der Waals surface area contributed by atoms with E-state index in [2.05, 4.69) is 17.2 Å². The van der Waals surface area contributed by atoms with Crippen molar-refractivity contribution in [3.63, 3.8) is 0 Å². The molecule has 0 aliphatic heterocycles. The summed E-state index contributed by atoms with van der Waals surface area (Å²) in [4.78, 5) is 4.29. The highest BCUT2D eigenvalue weighted by Gasteiger charge is 2.08. The summed E-state index contributed by atoms with van der Waals surface area (Å²) in [6, 6.07) is 12.9. The standard InChI is InChI=1S/C16H19FN2/c1-2-16(13-6-5-7-14(17)12-13)19-11-9-15-8-3-4-10-18-15/h3-8,10,12,16,19H,2,9,11H2,1H3. The van der Waals surface area contributed by atoms with Crippen LogP contribution in [0.25, 0.3) is 0 Å². The van der Waals surface area contributed by atoms with Crippen molar-refractivity contribution in [3.8, 4) is 0 Å². The van der Waals surface area contributed by atoms with Gasteiger partial charge >= 0.3 is 0 Å². The van der Waals surface area contributed by atoms with Crippen molar-refractivity contribution < 1.29 is 4.39 Å². The van der Waals surface area contributed by atoms with Crippen molar-refractivity contribution in [1.29, 1.82) is 0 Å². The maximum Gasteiger partial charge on any atom is 0.123 e. The van der Waals surface area contributed by atoms with Crippen LogP contribution in [-0.4, -0.2) is 11.5 Å². The molecular formula is C16H19FN2. The summed E-state index contributed by atoms with van der Waals surface area (Å²) in [7, 11) is 0. The van der Waals surface area contributed by atoms with Crippen molar-refractivity contribution in [2.75, 3.05) is 6.54 Å². The molecule has 0 saturated heterocycles. The number of nitrogens with one attached hydrogen (secondary N) is 1. The van der Waals surface area contributed by atoms with Crippen LogP contribution in [0, 0.1) is 5.82 Å². The van der Waals surface area contributed by atoms with E-state index in [0.717, 1.165) is 30.6 Å². The van der Waals surface area contributed by atoms with Gasteiger partial charge in [0, 0.05) is 30.9 Å². The molecule has 3 heteroatoms. The van der Waals surface area contributed by atoms with E-state index < -0.39 is 0 Å². The molecule has 19 heavy (non-hydrogen) atoms. The summed E-state index contributed by atoms with van der Waals surface area (Å²) >= 11 is 0. The average Bonchev–Trinajstić information content (AvgIpc) is 2.45. The van der Waals surface area contributed by atoms with Crippen molar-refractivity contribution >= 4 is 0 Å². The molecule has 100 valence electrons. The minimum Gasteiger partial charge on any atom is -0.310 e. The minimum atomic E-state index is -0.178. The summed E-state index contributed by atoms with van der Waals surface area (Å²) in [5.41, 5.74) is 2.08. The molecule has 1 N–H and O–H groups in total. The van der Waals surface area contributed by atoms with Gasteiger partial charge in [0.15, 0.2) is 0 Å². The van der Waals surface area contributed by atoms with Gasteiger partial charge in [-0.1, -0.05) is 25.1 Å². The van der Waals surface area contributed by atoms with Crippen molar-refractivity contribution in [2.45, 2.75) is 25.8 Å². The predicted octanol–water partition coefficient (Wildman–Crippen LogP) is 3.50. The Bertz CT molecular complexity index is 499. The maximum atomic E-state index is 13.2. The Hall–Kier alpha value is -1.74. The van der Waals surface area contributed by atoms with Gasteiger partial charge in [-0.15, -0.1) is 0 Å². The number of nitrogens with zero attached hydrogens (tertiary/aromatic N) is 1. The number of rotatable bonds is 6. The van der Waals surface area contributed by atoms with Gasteiger partial charge in [0.1, 0.15) is 5.82 Å². The third-order valence-corrected chi connectivity index (χ3v) is 3.16. The van der Waals surface area contributed by atoms with E-state index in [4.69, 9.17) is 0 Å². The molecule has 1 aromatic carbocycles. The molecule has 2 aromatic rings. The fraction of sp³-hybridized carbons (Fsp3) is 0.312. The van der Waals surface area contributed by atoms with E-state index in [0.29, 0.717) is 0 Å².